The Labute approximate surface area is 179 Å². The molecule has 2 rings (SSSR count). The van der Waals surface area contributed by atoms with Gasteiger partial charge in [-0.3, -0.25) is 0 Å². The van der Waals surface area contributed by atoms with E-state index in [1.54, 1.807) is 22.6 Å². The normalized spacial score (nSPS) is 14.7. The molecule has 0 aliphatic carbocycles. The summed E-state index contributed by atoms with van der Waals surface area (Å²) in [6, 6.07) is 0. The van der Waals surface area contributed by atoms with Gasteiger partial charge in [0.2, 0.25) is 0 Å². The van der Waals surface area contributed by atoms with Crippen molar-refractivity contribution in [1.29, 1.82) is 0 Å². The minimum absolute atomic E-state index is 0.171. The molecule has 1 atom stereocenters. The lowest BCUT2D eigenvalue weighted by Crippen LogP contribution is -2.26. The van der Waals surface area contributed by atoms with Gasteiger partial charge in [0.15, 0.2) is 6.80 Å². The molecule has 0 N–H and O–H groups in total. The van der Waals surface area contributed by atoms with Crippen molar-refractivity contribution in [2.24, 2.45) is 16.9 Å². The standard InChI is InChI=1S/C23H33FN4S/c1-10-11-26-14-25-28(20(26)9)12-21-18(7)22(16(4)5)23(29-21)27(13-24)19(8)17(6)15(2)3/h10,14-15,17H,1,4,8-9,11-13H2,2-3,5-7H3. The van der Waals surface area contributed by atoms with Crippen molar-refractivity contribution in [2.45, 2.75) is 41.2 Å². The fourth-order valence-electron chi connectivity index (χ4n) is 3.25. The molecule has 0 radical (unpaired) electrons. The van der Waals surface area contributed by atoms with Crippen LogP contribution in [0.5, 0.6) is 0 Å². The first-order valence-electron chi connectivity index (χ1n) is 9.82. The van der Waals surface area contributed by atoms with Crippen molar-refractivity contribution in [3.05, 3.63) is 59.9 Å². The van der Waals surface area contributed by atoms with Gasteiger partial charge in [-0.15, -0.1) is 17.9 Å². The minimum Gasteiger partial charge on any atom is -0.313 e. The van der Waals surface area contributed by atoms with Crippen LogP contribution in [0.25, 0.3) is 5.57 Å². The molecule has 1 aliphatic rings. The Morgan fingerprint density at radius 3 is 2.52 bits per heavy atom. The molecule has 0 spiro atoms. The summed E-state index contributed by atoms with van der Waals surface area (Å²) in [5.41, 5.74) is 3.81. The Bertz CT molecular complexity index is 836. The van der Waals surface area contributed by atoms with E-state index >= 15 is 0 Å². The summed E-state index contributed by atoms with van der Waals surface area (Å²) in [4.78, 5) is 4.75. The first-order chi connectivity index (χ1) is 13.6. The molecule has 0 bridgehead atoms. The number of allylic oxidation sites excluding steroid dienone is 2. The lowest BCUT2D eigenvalue weighted by Gasteiger charge is -2.29. The molecule has 4 nitrogen and oxygen atoms in total. The number of hydrogen-bond donors (Lipinski definition) is 0. The van der Waals surface area contributed by atoms with Crippen LogP contribution in [-0.2, 0) is 6.54 Å². The van der Waals surface area contributed by atoms with E-state index in [0.717, 1.165) is 38.1 Å². The fourth-order valence-corrected chi connectivity index (χ4v) is 4.63. The topological polar surface area (TPSA) is 22.1 Å². The van der Waals surface area contributed by atoms with E-state index < -0.39 is 6.80 Å². The summed E-state index contributed by atoms with van der Waals surface area (Å²) in [5.74, 6) is 1.35. The smallest absolute Gasteiger partial charge is 0.166 e. The predicted molar refractivity (Wildman–Crippen MR) is 125 cm³/mol. The van der Waals surface area contributed by atoms with Gasteiger partial charge >= 0.3 is 0 Å². The average Bonchev–Trinajstić information content (AvgIpc) is 3.16. The molecule has 1 aliphatic heterocycles. The van der Waals surface area contributed by atoms with Crippen LogP contribution in [0.2, 0.25) is 0 Å². The third kappa shape index (κ3) is 4.64. The quantitative estimate of drug-likeness (QED) is 0.328. The number of alkyl halides is 1. The predicted octanol–water partition coefficient (Wildman–Crippen LogP) is 6.35. The maximum Gasteiger partial charge on any atom is 0.166 e. The van der Waals surface area contributed by atoms with E-state index in [1.807, 2.05) is 22.9 Å². The van der Waals surface area contributed by atoms with Crippen molar-refractivity contribution in [3.63, 3.8) is 0 Å². The number of nitrogens with zero attached hydrogens (tertiary/aromatic N) is 4. The number of halogens is 1. The molecule has 158 valence electrons. The molecule has 1 aromatic rings. The van der Waals surface area contributed by atoms with Gasteiger partial charge in [0, 0.05) is 22.7 Å². The molecule has 2 heterocycles. The molecule has 1 unspecified atom stereocenters. The zero-order valence-corrected chi connectivity index (χ0v) is 19.2. The van der Waals surface area contributed by atoms with Crippen LogP contribution < -0.4 is 4.90 Å². The van der Waals surface area contributed by atoms with Crippen molar-refractivity contribution in [1.82, 2.24) is 9.91 Å². The van der Waals surface area contributed by atoms with Gasteiger partial charge in [-0.1, -0.05) is 46.6 Å². The first kappa shape index (κ1) is 22.9. The number of hydrazone groups is 1. The van der Waals surface area contributed by atoms with E-state index in [-0.39, 0.29) is 5.92 Å². The van der Waals surface area contributed by atoms with Crippen LogP contribution in [-0.4, -0.2) is 29.6 Å². The molecule has 29 heavy (non-hydrogen) atoms. The second kappa shape index (κ2) is 9.44. The summed E-state index contributed by atoms with van der Waals surface area (Å²) in [7, 11) is 0. The van der Waals surface area contributed by atoms with Crippen LogP contribution in [0, 0.1) is 18.8 Å². The van der Waals surface area contributed by atoms with Gasteiger partial charge < -0.3 is 9.80 Å². The molecule has 0 saturated carbocycles. The second-order valence-corrected chi connectivity index (χ2v) is 8.91. The number of anilines is 1. The third-order valence-corrected chi connectivity index (χ3v) is 6.77. The van der Waals surface area contributed by atoms with Crippen LogP contribution in [0.1, 0.15) is 43.7 Å². The summed E-state index contributed by atoms with van der Waals surface area (Å²) >= 11 is 1.58. The van der Waals surface area contributed by atoms with Gasteiger partial charge in [0.25, 0.3) is 0 Å². The fraction of sp³-hybridized carbons (Fsp3) is 0.435. The molecule has 1 aromatic heterocycles. The van der Waals surface area contributed by atoms with Crippen molar-refractivity contribution >= 4 is 28.2 Å². The highest BCUT2D eigenvalue weighted by Crippen LogP contribution is 2.43. The Balaban J connectivity index is 2.39. The number of rotatable bonds is 10. The van der Waals surface area contributed by atoms with Crippen LogP contribution >= 0.6 is 11.3 Å². The highest BCUT2D eigenvalue weighted by Gasteiger charge is 2.27. The minimum atomic E-state index is -0.614. The van der Waals surface area contributed by atoms with Crippen LogP contribution in [0.4, 0.5) is 9.39 Å². The van der Waals surface area contributed by atoms with Crippen molar-refractivity contribution in [2.75, 3.05) is 18.2 Å². The summed E-state index contributed by atoms with van der Waals surface area (Å²) in [6.07, 6.45) is 3.57. The van der Waals surface area contributed by atoms with Gasteiger partial charge in [-0.05, 0) is 36.8 Å². The van der Waals surface area contributed by atoms with Gasteiger partial charge in [0.1, 0.15) is 17.2 Å². The molecular weight excluding hydrogens is 383 g/mol. The van der Waals surface area contributed by atoms with Gasteiger partial charge in [-0.2, -0.15) is 5.10 Å². The van der Waals surface area contributed by atoms with Crippen LogP contribution in [0.3, 0.4) is 0 Å². The molecular formula is C23H33FN4S. The van der Waals surface area contributed by atoms with E-state index in [4.69, 9.17) is 0 Å². The largest absolute Gasteiger partial charge is 0.313 e. The summed E-state index contributed by atoms with van der Waals surface area (Å²) < 4.78 is 14.2. The lowest BCUT2D eigenvalue weighted by atomic mass is 9.94. The zero-order chi connectivity index (χ0) is 21.9. The Kier molecular flexibility index (Phi) is 7.47. The van der Waals surface area contributed by atoms with E-state index in [2.05, 4.69) is 59.1 Å². The van der Waals surface area contributed by atoms with E-state index in [9.17, 15) is 4.39 Å². The Morgan fingerprint density at radius 1 is 1.34 bits per heavy atom. The zero-order valence-electron chi connectivity index (χ0n) is 18.3. The van der Waals surface area contributed by atoms with Crippen molar-refractivity contribution in [3.8, 4) is 0 Å². The molecule has 6 heteroatoms. The second-order valence-electron chi connectivity index (χ2n) is 7.83. The molecule has 0 saturated heterocycles. The van der Waals surface area contributed by atoms with Crippen molar-refractivity contribution < 1.29 is 4.39 Å². The lowest BCUT2D eigenvalue weighted by molar-refractivity contribution is 0.324. The Morgan fingerprint density at radius 2 is 2.00 bits per heavy atom. The maximum atomic E-state index is 14.2. The molecule has 0 aromatic carbocycles. The van der Waals surface area contributed by atoms with Gasteiger partial charge in [0.05, 0.1) is 6.54 Å². The number of thiophene rings is 1. The SMILES string of the molecule is C=CCN1C=NN(Cc2sc(N(CF)C(=C)C(C)C(C)C)c(C(=C)C)c2C)C1=C. The summed E-state index contributed by atoms with van der Waals surface area (Å²) in [5, 5.41) is 7.18. The highest BCUT2D eigenvalue weighted by molar-refractivity contribution is 7.16. The van der Waals surface area contributed by atoms with E-state index in [0.29, 0.717) is 19.0 Å². The first-order valence-corrected chi connectivity index (χ1v) is 10.6. The number of hydrogen-bond acceptors (Lipinski definition) is 5. The average molecular weight is 417 g/mol. The summed E-state index contributed by atoms with van der Waals surface area (Å²) in [6.45, 7) is 27.2. The molecule has 0 amide bonds. The van der Waals surface area contributed by atoms with Gasteiger partial charge in [-0.25, -0.2) is 9.40 Å². The Hall–Kier alpha value is -2.34. The third-order valence-electron chi connectivity index (χ3n) is 5.47. The monoisotopic (exact) mass is 416 g/mol. The van der Waals surface area contributed by atoms with E-state index in [1.165, 1.54) is 0 Å². The maximum absolute atomic E-state index is 14.2. The highest BCUT2D eigenvalue weighted by atomic mass is 32.1. The van der Waals surface area contributed by atoms with Crippen LogP contribution in [0.15, 0.2) is 49.0 Å². The molecule has 0 fully saturated rings.